The fourth-order valence-corrected chi connectivity index (χ4v) is 2.99. The van der Waals surface area contributed by atoms with E-state index in [9.17, 15) is 0 Å². The van der Waals surface area contributed by atoms with Crippen molar-refractivity contribution in [1.82, 2.24) is 4.90 Å². The largest absolute Gasteiger partial charge is 0.373 e. The number of nitrogens with two attached hydrogens (primary N) is 1. The van der Waals surface area contributed by atoms with Crippen LogP contribution in [-0.4, -0.2) is 36.7 Å². The summed E-state index contributed by atoms with van der Waals surface area (Å²) in [4.78, 5) is 2.36. The lowest BCUT2D eigenvalue weighted by atomic mass is 10.0. The molecule has 0 saturated carbocycles. The van der Waals surface area contributed by atoms with Crippen molar-refractivity contribution >= 4 is 23.2 Å². The van der Waals surface area contributed by atoms with Gasteiger partial charge in [-0.25, -0.2) is 0 Å². The van der Waals surface area contributed by atoms with Crippen LogP contribution in [0.1, 0.15) is 25.5 Å². The molecule has 1 saturated heterocycles. The smallest absolute Gasteiger partial charge is 0.0678 e. The highest BCUT2D eigenvalue weighted by atomic mass is 35.5. The van der Waals surface area contributed by atoms with Gasteiger partial charge in [0.15, 0.2) is 0 Å². The normalized spacial score (nSPS) is 26.4. The predicted molar refractivity (Wildman–Crippen MR) is 79.8 cm³/mol. The van der Waals surface area contributed by atoms with E-state index in [-0.39, 0.29) is 18.2 Å². The van der Waals surface area contributed by atoms with Gasteiger partial charge in [0.2, 0.25) is 0 Å². The van der Waals surface area contributed by atoms with Gasteiger partial charge in [-0.2, -0.15) is 0 Å². The van der Waals surface area contributed by atoms with E-state index in [1.54, 1.807) is 0 Å². The molecule has 3 nitrogen and oxygen atoms in total. The Bertz CT molecular complexity index is 431. The minimum Gasteiger partial charge on any atom is -0.373 e. The van der Waals surface area contributed by atoms with Crippen LogP contribution in [0.15, 0.2) is 18.2 Å². The van der Waals surface area contributed by atoms with Crippen molar-refractivity contribution < 1.29 is 4.74 Å². The average Bonchev–Trinajstić information content (AvgIpc) is 2.33. The minimum atomic E-state index is 0.156. The highest BCUT2D eigenvalue weighted by Crippen LogP contribution is 2.29. The van der Waals surface area contributed by atoms with Gasteiger partial charge in [0, 0.05) is 25.7 Å². The number of halogens is 2. The molecule has 1 aliphatic rings. The van der Waals surface area contributed by atoms with Crippen LogP contribution in [0.3, 0.4) is 0 Å². The van der Waals surface area contributed by atoms with Gasteiger partial charge in [0.05, 0.1) is 22.3 Å². The van der Waals surface area contributed by atoms with Crippen molar-refractivity contribution in [2.45, 2.75) is 32.1 Å². The van der Waals surface area contributed by atoms with Gasteiger partial charge in [-0.1, -0.05) is 29.3 Å². The summed E-state index contributed by atoms with van der Waals surface area (Å²) >= 11 is 12.1. The summed E-state index contributed by atoms with van der Waals surface area (Å²) in [6, 6.07) is 5.89. The zero-order valence-electron chi connectivity index (χ0n) is 11.3. The third-order valence-corrected chi connectivity index (χ3v) is 4.18. The van der Waals surface area contributed by atoms with E-state index >= 15 is 0 Å². The molecule has 0 aliphatic carbocycles. The van der Waals surface area contributed by atoms with Crippen molar-refractivity contribution in [2.75, 3.05) is 19.6 Å². The molecule has 0 aromatic heterocycles. The first kappa shape index (κ1) is 15.1. The first-order valence-electron chi connectivity index (χ1n) is 6.55. The van der Waals surface area contributed by atoms with Crippen LogP contribution >= 0.6 is 23.2 Å². The third-order valence-electron chi connectivity index (χ3n) is 3.44. The van der Waals surface area contributed by atoms with Crippen molar-refractivity contribution in [3.05, 3.63) is 33.8 Å². The fourth-order valence-electron chi connectivity index (χ4n) is 2.69. The number of nitrogens with zero attached hydrogens (tertiary/aromatic N) is 1. The fraction of sp³-hybridized carbons (Fsp3) is 0.571. The topological polar surface area (TPSA) is 38.5 Å². The van der Waals surface area contributed by atoms with Crippen LogP contribution in [0, 0.1) is 0 Å². The second kappa shape index (κ2) is 6.42. The second-order valence-corrected chi connectivity index (χ2v) is 5.95. The van der Waals surface area contributed by atoms with Crippen LogP contribution in [0.5, 0.6) is 0 Å². The first-order chi connectivity index (χ1) is 9.01. The Kier molecular flexibility index (Phi) is 5.09. The van der Waals surface area contributed by atoms with Crippen LogP contribution in [0.4, 0.5) is 0 Å². The van der Waals surface area contributed by atoms with Gasteiger partial charge in [0.25, 0.3) is 0 Å². The highest BCUT2D eigenvalue weighted by Gasteiger charge is 2.28. The summed E-state index contributed by atoms with van der Waals surface area (Å²) in [7, 11) is 0. The quantitative estimate of drug-likeness (QED) is 0.932. The Morgan fingerprint density at radius 2 is 1.89 bits per heavy atom. The molecule has 0 amide bonds. The van der Waals surface area contributed by atoms with E-state index < -0.39 is 0 Å². The number of hydrogen-bond acceptors (Lipinski definition) is 3. The van der Waals surface area contributed by atoms with Gasteiger partial charge < -0.3 is 10.5 Å². The molecule has 1 fully saturated rings. The van der Waals surface area contributed by atoms with Gasteiger partial charge in [0.1, 0.15) is 0 Å². The van der Waals surface area contributed by atoms with E-state index in [1.165, 1.54) is 0 Å². The molecule has 106 valence electrons. The summed E-state index contributed by atoms with van der Waals surface area (Å²) in [6.07, 6.45) is 0.446. The molecule has 3 atom stereocenters. The van der Waals surface area contributed by atoms with Crippen LogP contribution in [0.2, 0.25) is 10.0 Å². The van der Waals surface area contributed by atoms with Gasteiger partial charge in [-0.3, -0.25) is 4.90 Å². The number of benzene rings is 1. The molecule has 3 unspecified atom stereocenters. The summed E-state index contributed by atoms with van der Waals surface area (Å²) in [5, 5.41) is 1.15. The second-order valence-electron chi connectivity index (χ2n) is 5.14. The molecular formula is C14H20Cl2N2O. The van der Waals surface area contributed by atoms with Crippen LogP contribution in [-0.2, 0) is 4.74 Å². The van der Waals surface area contributed by atoms with Gasteiger partial charge in [-0.05, 0) is 31.5 Å². The van der Waals surface area contributed by atoms with Crippen LogP contribution < -0.4 is 5.73 Å². The lowest BCUT2D eigenvalue weighted by Crippen LogP contribution is -2.48. The zero-order chi connectivity index (χ0) is 14.0. The Morgan fingerprint density at radius 3 is 2.42 bits per heavy atom. The van der Waals surface area contributed by atoms with Crippen molar-refractivity contribution in [1.29, 1.82) is 0 Å². The maximum Gasteiger partial charge on any atom is 0.0678 e. The summed E-state index contributed by atoms with van der Waals surface area (Å²) < 4.78 is 5.76. The molecule has 1 heterocycles. The van der Waals surface area contributed by atoms with E-state index in [0.717, 1.165) is 18.7 Å². The summed E-state index contributed by atoms with van der Waals surface area (Å²) in [6.45, 7) is 6.49. The predicted octanol–water partition coefficient (Wildman–Crippen LogP) is 3.10. The molecule has 0 spiro atoms. The zero-order valence-corrected chi connectivity index (χ0v) is 12.8. The Morgan fingerprint density at radius 1 is 1.26 bits per heavy atom. The molecular weight excluding hydrogens is 283 g/mol. The molecule has 19 heavy (non-hydrogen) atoms. The van der Waals surface area contributed by atoms with Gasteiger partial charge in [-0.15, -0.1) is 0 Å². The third kappa shape index (κ3) is 3.61. The Labute approximate surface area is 124 Å². The average molecular weight is 303 g/mol. The molecule has 2 rings (SSSR count). The molecule has 1 aliphatic heterocycles. The maximum atomic E-state index is 6.10. The Hall–Kier alpha value is -0.320. The monoisotopic (exact) mass is 302 g/mol. The lowest BCUT2D eigenvalue weighted by Gasteiger charge is -2.40. The van der Waals surface area contributed by atoms with Crippen molar-refractivity contribution in [2.24, 2.45) is 5.73 Å². The molecule has 0 bridgehead atoms. The Balaban J connectivity index is 2.21. The van der Waals surface area contributed by atoms with E-state index in [0.29, 0.717) is 16.6 Å². The molecule has 2 N–H and O–H groups in total. The number of rotatable bonds is 3. The van der Waals surface area contributed by atoms with E-state index in [4.69, 9.17) is 33.7 Å². The van der Waals surface area contributed by atoms with E-state index in [1.807, 2.05) is 18.2 Å². The highest BCUT2D eigenvalue weighted by molar-refractivity contribution is 6.42. The molecule has 5 heteroatoms. The lowest BCUT2D eigenvalue weighted by molar-refractivity contribution is -0.0799. The van der Waals surface area contributed by atoms with Crippen LogP contribution in [0.25, 0.3) is 0 Å². The van der Waals surface area contributed by atoms with Crippen molar-refractivity contribution in [3.63, 3.8) is 0 Å². The molecule has 1 aromatic rings. The van der Waals surface area contributed by atoms with Crippen molar-refractivity contribution in [3.8, 4) is 0 Å². The standard InChI is InChI=1S/C14H20Cl2N2O/c1-9-7-18(8-10(2)19-9)14(6-17)11-3-4-12(15)13(16)5-11/h3-5,9-10,14H,6-8,17H2,1-2H3. The SMILES string of the molecule is CC1CN(C(CN)c2ccc(Cl)c(Cl)c2)CC(C)O1. The number of morpholine rings is 1. The molecule has 1 aromatic carbocycles. The number of ether oxygens (including phenoxy) is 1. The summed E-state index contributed by atoms with van der Waals surface area (Å²) in [5.74, 6) is 0. The number of hydrogen-bond donors (Lipinski definition) is 1. The first-order valence-corrected chi connectivity index (χ1v) is 7.31. The minimum absolute atomic E-state index is 0.156. The summed E-state index contributed by atoms with van der Waals surface area (Å²) in [5.41, 5.74) is 7.07. The maximum absolute atomic E-state index is 6.10. The van der Waals surface area contributed by atoms with E-state index in [2.05, 4.69) is 18.7 Å². The molecule has 0 radical (unpaired) electrons. The van der Waals surface area contributed by atoms with Gasteiger partial charge >= 0.3 is 0 Å².